The van der Waals surface area contributed by atoms with Crippen LogP contribution in [0.2, 0.25) is 0 Å². The van der Waals surface area contributed by atoms with Crippen LogP contribution in [0.1, 0.15) is 28.0 Å². The van der Waals surface area contributed by atoms with Gasteiger partial charge in [0.25, 0.3) is 0 Å². The summed E-state index contributed by atoms with van der Waals surface area (Å²) in [5, 5.41) is 9.83. The minimum Gasteiger partial charge on any atom is -0.461 e. The number of thiophene rings is 1. The van der Waals surface area contributed by atoms with Gasteiger partial charge in [-0.3, -0.25) is 0 Å². The van der Waals surface area contributed by atoms with Gasteiger partial charge in [-0.25, -0.2) is 9.48 Å². The van der Waals surface area contributed by atoms with Crippen LogP contribution in [0, 0.1) is 6.92 Å². The lowest BCUT2D eigenvalue weighted by atomic mass is 10.3. The molecule has 0 saturated carbocycles. The molecule has 2 rings (SSSR count). The summed E-state index contributed by atoms with van der Waals surface area (Å²) < 4.78 is 6.61. The first kappa shape index (κ1) is 11.8. The molecule has 0 aliphatic rings. The number of rotatable bonds is 4. The Morgan fingerprint density at radius 2 is 2.41 bits per heavy atom. The van der Waals surface area contributed by atoms with Gasteiger partial charge in [0.2, 0.25) is 0 Å². The Morgan fingerprint density at radius 1 is 1.59 bits per heavy atom. The molecule has 90 valence electrons. The van der Waals surface area contributed by atoms with Crippen molar-refractivity contribution in [2.75, 3.05) is 6.61 Å². The highest BCUT2D eigenvalue weighted by molar-refractivity contribution is 7.09. The highest BCUT2D eigenvalue weighted by Gasteiger charge is 2.17. The van der Waals surface area contributed by atoms with Gasteiger partial charge in [0.05, 0.1) is 18.8 Å². The average Bonchev–Trinajstić information content (AvgIpc) is 2.91. The molecule has 0 unspecified atom stereocenters. The van der Waals surface area contributed by atoms with Crippen molar-refractivity contribution in [3.05, 3.63) is 33.8 Å². The monoisotopic (exact) mass is 251 g/mol. The summed E-state index contributed by atoms with van der Waals surface area (Å²) >= 11 is 1.65. The van der Waals surface area contributed by atoms with E-state index in [-0.39, 0.29) is 0 Å². The predicted molar refractivity (Wildman–Crippen MR) is 64.1 cm³/mol. The van der Waals surface area contributed by atoms with E-state index in [1.807, 2.05) is 24.4 Å². The van der Waals surface area contributed by atoms with E-state index in [9.17, 15) is 4.79 Å². The first-order valence-electron chi connectivity index (χ1n) is 5.32. The molecule has 2 heterocycles. The molecule has 0 spiro atoms. The maximum atomic E-state index is 11.5. The van der Waals surface area contributed by atoms with Crippen LogP contribution in [0.4, 0.5) is 0 Å². The lowest BCUT2D eigenvalue weighted by Crippen LogP contribution is -2.08. The number of ether oxygens (including phenoxy) is 1. The fourth-order valence-corrected chi connectivity index (χ4v) is 2.13. The molecule has 0 aliphatic carbocycles. The van der Waals surface area contributed by atoms with E-state index in [2.05, 4.69) is 10.3 Å². The lowest BCUT2D eigenvalue weighted by molar-refractivity contribution is 0.0518. The van der Waals surface area contributed by atoms with Gasteiger partial charge in [-0.2, -0.15) is 0 Å². The number of nitrogens with zero attached hydrogens (tertiary/aromatic N) is 3. The van der Waals surface area contributed by atoms with Gasteiger partial charge in [0, 0.05) is 4.88 Å². The maximum absolute atomic E-state index is 11.5. The molecule has 0 saturated heterocycles. The molecule has 0 atom stereocenters. The largest absolute Gasteiger partial charge is 0.461 e. The quantitative estimate of drug-likeness (QED) is 0.778. The highest BCUT2D eigenvalue weighted by atomic mass is 32.1. The van der Waals surface area contributed by atoms with Crippen LogP contribution in [-0.4, -0.2) is 27.6 Å². The fourth-order valence-electron chi connectivity index (χ4n) is 1.45. The third kappa shape index (κ3) is 2.52. The molecule has 0 N–H and O–H groups in total. The van der Waals surface area contributed by atoms with Gasteiger partial charge in [0.1, 0.15) is 0 Å². The van der Waals surface area contributed by atoms with Crippen molar-refractivity contribution in [1.29, 1.82) is 0 Å². The van der Waals surface area contributed by atoms with Crippen molar-refractivity contribution < 1.29 is 9.53 Å². The van der Waals surface area contributed by atoms with E-state index in [1.54, 1.807) is 22.9 Å². The molecule has 2 aromatic rings. The standard InChI is InChI=1S/C11H13N3O2S/c1-3-16-11(15)10-8(2)14(13-12-10)7-9-5-4-6-17-9/h4-6H,3,7H2,1-2H3. The van der Waals surface area contributed by atoms with Crippen LogP contribution in [0.25, 0.3) is 0 Å². The molecule has 0 radical (unpaired) electrons. The second-order valence-electron chi connectivity index (χ2n) is 3.48. The Balaban J connectivity index is 2.18. The van der Waals surface area contributed by atoms with Crippen LogP contribution < -0.4 is 0 Å². The molecule has 0 amide bonds. The molecule has 17 heavy (non-hydrogen) atoms. The summed E-state index contributed by atoms with van der Waals surface area (Å²) in [5.41, 5.74) is 1.03. The third-order valence-electron chi connectivity index (χ3n) is 2.34. The number of esters is 1. The zero-order chi connectivity index (χ0) is 12.3. The van der Waals surface area contributed by atoms with Crippen molar-refractivity contribution in [2.24, 2.45) is 0 Å². The number of aromatic nitrogens is 3. The summed E-state index contributed by atoms with van der Waals surface area (Å²) in [4.78, 5) is 12.7. The van der Waals surface area contributed by atoms with Crippen LogP contribution in [0.5, 0.6) is 0 Å². The van der Waals surface area contributed by atoms with E-state index in [0.717, 1.165) is 5.69 Å². The Morgan fingerprint density at radius 3 is 3.06 bits per heavy atom. The molecule has 2 aromatic heterocycles. The van der Waals surface area contributed by atoms with Gasteiger partial charge in [-0.15, -0.1) is 16.4 Å². The SMILES string of the molecule is CCOC(=O)c1nnn(Cc2cccs2)c1C. The molecule has 0 aliphatic heterocycles. The number of hydrogen-bond acceptors (Lipinski definition) is 5. The van der Waals surface area contributed by atoms with Crippen molar-refractivity contribution in [2.45, 2.75) is 20.4 Å². The van der Waals surface area contributed by atoms with Crippen LogP contribution in [0.3, 0.4) is 0 Å². The van der Waals surface area contributed by atoms with E-state index < -0.39 is 5.97 Å². The van der Waals surface area contributed by atoms with E-state index >= 15 is 0 Å². The minimum atomic E-state index is -0.414. The Bertz CT molecular complexity index is 505. The Kier molecular flexibility index (Phi) is 3.53. The second kappa shape index (κ2) is 5.09. The number of hydrogen-bond donors (Lipinski definition) is 0. The van der Waals surface area contributed by atoms with Crippen LogP contribution in [-0.2, 0) is 11.3 Å². The average molecular weight is 251 g/mol. The summed E-state index contributed by atoms with van der Waals surface area (Å²) in [6.45, 7) is 4.56. The summed E-state index contributed by atoms with van der Waals surface area (Å²) in [6, 6.07) is 4.01. The van der Waals surface area contributed by atoms with Crippen molar-refractivity contribution in [1.82, 2.24) is 15.0 Å². The Hall–Kier alpha value is -1.69. The first-order chi connectivity index (χ1) is 8.22. The molecule has 0 aromatic carbocycles. The van der Waals surface area contributed by atoms with Crippen LogP contribution in [0.15, 0.2) is 17.5 Å². The number of carbonyl (C=O) groups is 1. The van der Waals surface area contributed by atoms with Gasteiger partial charge >= 0.3 is 5.97 Å². The van der Waals surface area contributed by atoms with Gasteiger partial charge in [-0.1, -0.05) is 11.3 Å². The normalized spacial score (nSPS) is 10.5. The minimum absolute atomic E-state index is 0.295. The maximum Gasteiger partial charge on any atom is 0.360 e. The topological polar surface area (TPSA) is 57.0 Å². The molecular formula is C11H13N3O2S. The summed E-state index contributed by atoms with van der Waals surface area (Å²) in [5.74, 6) is -0.414. The predicted octanol–water partition coefficient (Wildman–Crippen LogP) is 1.87. The van der Waals surface area contributed by atoms with E-state index in [0.29, 0.717) is 18.8 Å². The highest BCUT2D eigenvalue weighted by Crippen LogP contribution is 2.13. The Labute approximate surface area is 103 Å². The molecule has 0 fully saturated rings. The van der Waals surface area contributed by atoms with Gasteiger partial charge in [-0.05, 0) is 25.3 Å². The first-order valence-corrected chi connectivity index (χ1v) is 6.20. The zero-order valence-electron chi connectivity index (χ0n) is 9.71. The fraction of sp³-hybridized carbons (Fsp3) is 0.364. The molecular weight excluding hydrogens is 238 g/mol. The third-order valence-corrected chi connectivity index (χ3v) is 3.20. The second-order valence-corrected chi connectivity index (χ2v) is 4.51. The zero-order valence-corrected chi connectivity index (χ0v) is 10.5. The van der Waals surface area contributed by atoms with Crippen molar-refractivity contribution >= 4 is 17.3 Å². The molecule has 5 nitrogen and oxygen atoms in total. The van der Waals surface area contributed by atoms with E-state index in [1.165, 1.54) is 4.88 Å². The van der Waals surface area contributed by atoms with Gasteiger partial charge < -0.3 is 4.74 Å². The molecule has 0 bridgehead atoms. The number of carbonyl (C=O) groups excluding carboxylic acids is 1. The van der Waals surface area contributed by atoms with Gasteiger partial charge in [0.15, 0.2) is 5.69 Å². The van der Waals surface area contributed by atoms with E-state index in [4.69, 9.17) is 4.74 Å². The smallest absolute Gasteiger partial charge is 0.360 e. The van der Waals surface area contributed by atoms with Crippen molar-refractivity contribution in [3.63, 3.8) is 0 Å². The van der Waals surface area contributed by atoms with Crippen molar-refractivity contribution in [3.8, 4) is 0 Å². The summed E-state index contributed by atoms with van der Waals surface area (Å²) in [7, 11) is 0. The molecule has 6 heteroatoms. The summed E-state index contributed by atoms with van der Waals surface area (Å²) in [6.07, 6.45) is 0. The lowest BCUT2D eigenvalue weighted by Gasteiger charge is -2.01. The van der Waals surface area contributed by atoms with Crippen LogP contribution >= 0.6 is 11.3 Å².